The van der Waals surface area contributed by atoms with Crippen LogP contribution in [0.25, 0.3) is 0 Å². The van der Waals surface area contributed by atoms with Crippen molar-refractivity contribution in [2.24, 2.45) is 5.92 Å². The Bertz CT molecular complexity index is 358. The normalized spacial score (nSPS) is 13.2. The fourth-order valence-electron chi connectivity index (χ4n) is 1.97. The summed E-state index contributed by atoms with van der Waals surface area (Å²) in [5.74, 6) is 0.541. The van der Waals surface area contributed by atoms with Crippen molar-refractivity contribution in [3.8, 4) is 0 Å². The molecule has 1 rings (SSSR count). The highest BCUT2D eigenvalue weighted by Crippen LogP contribution is 2.30. The predicted molar refractivity (Wildman–Crippen MR) is 72.2 cm³/mol. The van der Waals surface area contributed by atoms with Gasteiger partial charge in [-0.2, -0.15) is 0 Å². The second kappa shape index (κ2) is 5.70. The Balaban J connectivity index is 3.13. The molecule has 1 aromatic rings. The van der Waals surface area contributed by atoms with Crippen molar-refractivity contribution in [1.29, 1.82) is 0 Å². The molecule has 1 N–H and O–H groups in total. The standard InChI is InChI=1S/C14H22ClN/c1-6-16-14(9(2)3)12-7-10(4)11(5)8-13(12)15/h7-9,14,16H,6H2,1-5H3. The maximum Gasteiger partial charge on any atom is 0.0456 e. The highest BCUT2D eigenvalue weighted by Gasteiger charge is 2.18. The molecular weight excluding hydrogens is 218 g/mol. The molecule has 0 fully saturated rings. The van der Waals surface area contributed by atoms with Crippen LogP contribution in [0.5, 0.6) is 0 Å². The van der Waals surface area contributed by atoms with Crippen LogP contribution in [0.3, 0.4) is 0 Å². The van der Waals surface area contributed by atoms with Gasteiger partial charge >= 0.3 is 0 Å². The van der Waals surface area contributed by atoms with Gasteiger partial charge in [0.15, 0.2) is 0 Å². The molecule has 0 radical (unpaired) electrons. The quantitative estimate of drug-likeness (QED) is 0.828. The highest BCUT2D eigenvalue weighted by molar-refractivity contribution is 6.31. The fourth-order valence-corrected chi connectivity index (χ4v) is 2.30. The molecule has 1 aromatic carbocycles. The SMILES string of the molecule is CCNC(c1cc(C)c(C)cc1Cl)C(C)C. The summed E-state index contributed by atoms with van der Waals surface area (Å²) in [5.41, 5.74) is 3.79. The lowest BCUT2D eigenvalue weighted by Crippen LogP contribution is -2.25. The fraction of sp³-hybridized carbons (Fsp3) is 0.571. The Labute approximate surface area is 104 Å². The number of halogens is 1. The zero-order valence-corrected chi connectivity index (χ0v) is 11.7. The zero-order chi connectivity index (χ0) is 12.3. The third-order valence-corrected chi connectivity index (χ3v) is 3.37. The molecule has 0 saturated heterocycles. The van der Waals surface area contributed by atoms with Crippen LogP contribution in [0.2, 0.25) is 5.02 Å². The van der Waals surface area contributed by atoms with Crippen molar-refractivity contribution in [1.82, 2.24) is 5.32 Å². The third-order valence-electron chi connectivity index (χ3n) is 3.04. The summed E-state index contributed by atoms with van der Waals surface area (Å²) in [6.07, 6.45) is 0. The molecule has 16 heavy (non-hydrogen) atoms. The average Bonchev–Trinajstić information content (AvgIpc) is 2.20. The van der Waals surface area contributed by atoms with E-state index < -0.39 is 0 Å². The summed E-state index contributed by atoms with van der Waals surface area (Å²) in [5, 5.41) is 4.38. The van der Waals surface area contributed by atoms with Crippen molar-refractivity contribution < 1.29 is 0 Å². The lowest BCUT2D eigenvalue weighted by atomic mass is 9.93. The van der Waals surface area contributed by atoms with Gasteiger partial charge in [-0.05, 0) is 49.1 Å². The van der Waals surface area contributed by atoms with E-state index in [0.29, 0.717) is 12.0 Å². The Morgan fingerprint density at radius 1 is 1.19 bits per heavy atom. The van der Waals surface area contributed by atoms with Gasteiger partial charge in [-0.3, -0.25) is 0 Å². The molecule has 1 unspecified atom stereocenters. The average molecular weight is 240 g/mol. The lowest BCUT2D eigenvalue weighted by molar-refractivity contribution is 0.421. The van der Waals surface area contributed by atoms with Crippen LogP contribution in [0, 0.1) is 19.8 Å². The first kappa shape index (κ1) is 13.5. The van der Waals surface area contributed by atoms with Gasteiger partial charge in [0, 0.05) is 11.1 Å². The Morgan fingerprint density at radius 3 is 2.25 bits per heavy atom. The van der Waals surface area contributed by atoms with Gasteiger partial charge in [0.25, 0.3) is 0 Å². The van der Waals surface area contributed by atoms with Crippen molar-refractivity contribution in [3.63, 3.8) is 0 Å². The molecule has 0 bridgehead atoms. The van der Waals surface area contributed by atoms with Crippen molar-refractivity contribution in [2.45, 2.75) is 40.7 Å². The van der Waals surface area contributed by atoms with Crippen LogP contribution in [0.15, 0.2) is 12.1 Å². The van der Waals surface area contributed by atoms with Crippen LogP contribution >= 0.6 is 11.6 Å². The van der Waals surface area contributed by atoms with E-state index >= 15 is 0 Å². The molecule has 90 valence electrons. The molecule has 0 aliphatic carbocycles. The number of rotatable bonds is 4. The van der Waals surface area contributed by atoms with Gasteiger partial charge < -0.3 is 5.32 Å². The minimum atomic E-state index is 0.344. The van der Waals surface area contributed by atoms with Crippen molar-refractivity contribution >= 4 is 11.6 Å². The molecular formula is C14H22ClN. The lowest BCUT2D eigenvalue weighted by Gasteiger charge is -2.24. The molecule has 0 saturated carbocycles. The molecule has 0 amide bonds. The first-order valence-corrected chi connectivity index (χ1v) is 6.35. The van der Waals surface area contributed by atoms with Crippen LogP contribution in [-0.2, 0) is 0 Å². The van der Waals surface area contributed by atoms with E-state index in [9.17, 15) is 0 Å². The molecule has 0 aliphatic heterocycles. The Hall–Kier alpha value is -0.530. The van der Waals surface area contributed by atoms with Crippen LogP contribution < -0.4 is 5.32 Å². The second-order valence-corrected chi connectivity index (χ2v) is 5.14. The summed E-state index contributed by atoms with van der Waals surface area (Å²) >= 11 is 6.34. The molecule has 0 heterocycles. The number of aryl methyl sites for hydroxylation is 2. The maximum atomic E-state index is 6.34. The van der Waals surface area contributed by atoms with E-state index in [1.165, 1.54) is 16.7 Å². The van der Waals surface area contributed by atoms with E-state index in [-0.39, 0.29) is 0 Å². The second-order valence-electron chi connectivity index (χ2n) is 4.74. The van der Waals surface area contributed by atoms with Crippen LogP contribution in [0.1, 0.15) is 43.5 Å². The molecule has 1 nitrogen and oxygen atoms in total. The first-order valence-electron chi connectivity index (χ1n) is 5.97. The van der Waals surface area contributed by atoms with Crippen LogP contribution in [-0.4, -0.2) is 6.54 Å². The number of benzene rings is 1. The number of hydrogen-bond donors (Lipinski definition) is 1. The van der Waals surface area contributed by atoms with E-state index in [1.54, 1.807) is 0 Å². The third kappa shape index (κ3) is 2.99. The van der Waals surface area contributed by atoms with Crippen molar-refractivity contribution in [3.05, 3.63) is 33.8 Å². The highest BCUT2D eigenvalue weighted by atomic mass is 35.5. The molecule has 1 atom stereocenters. The van der Waals surface area contributed by atoms with E-state index in [1.807, 2.05) is 0 Å². The largest absolute Gasteiger partial charge is 0.310 e. The van der Waals surface area contributed by atoms with Crippen LogP contribution in [0.4, 0.5) is 0 Å². The summed E-state index contributed by atoms with van der Waals surface area (Å²) in [6.45, 7) is 11.8. The summed E-state index contributed by atoms with van der Waals surface area (Å²) in [7, 11) is 0. The Morgan fingerprint density at radius 2 is 1.75 bits per heavy atom. The summed E-state index contributed by atoms with van der Waals surface area (Å²) in [6, 6.07) is 4.63. The molecule has 0 spiro atoms. The smallest absolute Gasteiger partial charge is 0.0456 e. The molecule has 0 aromatic heterocycles. The molecule has 0 aliphatic rings. The van der Waals surface area contributed by atoms with Gasteiger partial charge in [0.05, 0.1) is 0 Å². The monoisotopic (exact) mass is 239 g/mol. The van der Waals surface area contributed by atoms with E-state index in [0.717, 1.165) is 11.6 Å². The predicted octanol–water partition coefficient (Wildman–Crippen LogP) is 4.26. The van der Waals surface area contributed by atoms with Gasteiger partial charge in [-0.25, -0.2) is 0 Å². The van der Waals surface area contributed by atoms with Crippen molar-refractivity contribution in [2.75, 3.05) is 6.54 Å². The minimum absolute atomic E-state index is 0.344. The zero-order valence-electron chi connectivity index (χ0n) is 10.9. The summed E-state index contributed by atoms with van der Waals surface area (Å²) in [4.78, 5) is 0. The maximum absolute atomic E-state index is 6.34. The Kier molecular flexibility index (Phi) is 4.82. The minimum Gasteiger partial charge on any atom is -0.310 e. The molecule has 2 heteroatoms. The summed E-state index contributed by atoms with van der Waals surface area (Å²) < 4.78 is 0. The van der Waals surface area contributed by atoms with Gasteiger partial charge in [0.2, 0.25) is 0 Å². The number of hydrogen-bond acceptors (Lipinski definition) is 1. The van der Waals surface area contributed by atoms with Gasteiger partial charge in [-0.15, -0.1) is 0 Å². The van der Waals surface area contributed by atoms with Gasteiger partial charge in [0.1, 0.15) is 0 Å². The number of nitrogens with one attached hydrogen (secondary N) is 1. The van der Waals surface area contributed by atoms with E-state index in [4.69, 9.17) is 11.6 Å². The van der Waals surface area contributed by atoms with Gasteiger partial charge in [-0.1, -0.05) is 38.4 Å². The van der Waals surface area contributed by atoms with E-state index in [2.05, 4.69) is 52.1 Å². The first-order chi connectivity index (χ1) is 7.47. The topological polar surface area (TPSA) is 12.0 Å².